The molecule has 0 unspecified atom stereocenters. The molecule has 0 saturated heterocycles. The molecule has 0 amide bonds. The van der Waals surface area contributed by atoms with E-state index in [1.807, 2.05) is 19.1 Å². The summed E-state index contributed by atoms with van der Waals surface area (Å²) in [6, 6.07) is 3.81. The molecule has 0 atom stereocenters. The van der Waals surface area contributed by atoms with Crippen molar-refractivity contribution >= 4 is 33.2 Å². The molecule has 0 aliphatic rings. The van der Waals surface area contributed by atoms with E-state index in [4.69, 9.17) is 16.0 Å². The maximum atomic E-state index is 5.95. The molecule has 5 heteroatoms. The number of aryl methyl sites for hydroxylation is 1. The fourth-order valence-corrected chi connectivity index (χ4v) is 1.81. The molecule has 0 saturated carbocycles. The largest absolute Gasteiger partial charge is 0.467 e. The fourth-order valence-electron chi connectivity index (χ4n) is 1.31. The van der Waals surface area contributed by atoms with Gasteiger partial charge in [-0.1, -0.05) is 11.6 Å². The fraction of sp³-hybridized carbons (Fsp3) is 0.182. The molecule has 0 aliphatic heterocycles. The summed E-state index contributed by atoms with van der Waals surface area (Å²) in [5.41, 5.74) is 1.90. The van der Waals surface area contributed by atoms with Gasteiger partial charge in [-0.2, -0.15) is 0 Å². The Hall–Kier alpha value is -1.00. The van der Waals surface area contributed by atoms with Crippen molar-refractivity contribution in [3.05, 3.63) is 45.5 Å². The van der Waals surface area contributed by atoms with Gasteiger partial charge in [0, 0.05) is 10.7 Å². The molecule has 0 aromatic carbocycles. The Labute approximate surface area is 107 Å². The molecule has 2 rings (SSSR count). The molecule has 2 aromatic heterocycles. The Kier molecular flexibility index (Phi) is 3.51. The summed E-state index contributed by atoms with van der Waals surface area (Å²) in [6.45, 7) is 2.60. The Morgan fingerprint density at radius 1 is 1.56 bits per heavy atom. The van der Waals surface area contributed by atoms with Crippen LogP contribution in [0.5, 0.6) is 0 Å². The van der Waals surface area contributed by atoms with Crippen LogP contribution in [-0.4, -0.2) is 4.98 Å². The van der Waals surface area contributed by atoms with E-state index in [2.05, 4.69) is 26.2 Å². The normalized spacial score (nSPS) is 10.4. The second-order valence-corrected chi connectivity index (χ2v) is 4.65. The third-order valence-corrected chi connectivity index (χ3v) is 2.95. The summed E-state index contributed by atoms with van der Waals surface area (Å²) < 4.78 is 6.20. The van der Waals surface area contributed by atoms with Gasteiger partial charge >= 0.3 is 0 Å². The van der Waals surface area contributed by atoms with Gasteiger partial charge in [0.1, 0.15) is 5.76 Å². The monoisotopic (exact) mass is 300 g/mol. The molecule has 0 radical (unpaired) electrons. The van der Waals surface area contributed by atoms with Crippen molar-refractivity contribution < 1.29 is 4.42 Å². The van der Waals surface area contributed by atoms with Crippen LogP contribution in [0.4, 0.5) is 5.69 Å². The van der Waals surface area contributed by atoms with Gasteiger partial charge in [-0.25, -0.2) is 4.98 Å². The van der Waals surface area contributed by atoms with Gasteiger partial charge in [-0.3, -0.25) is 0 Å². The smallest absolute Gasteiger partial charge is 0.152 e. The van der Waals surface area contributed by atoms with Crippen LogP contribution in [-0.2, 0) is 6.54 Å². The van der Waals surface area contributed by atoms with Crippen molar-refractivity contribution in [2.45, 2.75) is 13.5 Å². The van der Waals surface area contributed by atoms with E-state index in [-0.39, 0.29) is 0 Å². The lowest BCUT2D eigenvalue weighted by molar-refractivity contribution is 0.515. The number of hydrogen-bond acceptors (Lipinski definition) is 3. The van der Waals surface area contributed by atoms with Crippen LogP contribution in [0.3, 0.4) is 0 Å². The second kappa shape index (κ2) is 4.89. The third kappa shape index (κ3) is 2.57. The Morgan fingerprint density at radius 2 is 2.38 bits per heavy atom. The zero-order valence-electron chi connectivity index (χ0n) is 8.63. The zero-order chi connectivity index (χ0) is 11.5. The molecule has 2 aromatic rings. The Bertz CT molecular complexity index is 498. The number of rotatable bonds is 3. The molecule has 84 valence electrons. The van der Waals surface area contributed by atoms with Crippen molar-refractivity contribution in [2.75, 3.05) is 5.32 Å². The molecule has 0 aliphatic carbocycles. The van der Waals surface area contributed by atoms with E-state index < -0.39 is 0 Å². The lowest BCUT2D eigenvalue weighted by Gasteiger charge is -2.07. The van der Waals surface area contributed by atoms with Gasteiger partial charge in [0.15, 0.2) is 5.15 Å². The van der Waals surface area contributed by atoms with Crippen LogP contribution in [0.2, 0.25) is 5.15 Å². The maximum Gasteiger partial charge on any atom is 0.152 e. The lowest BCUT2D eigenvalue weighted by atomic mass is 10.3. The zero-order valence-corrected chi connectivity index (χ0v) is 11.0. The first-order valence-corrected chi connectivity index (χ1v) is 5.92. The van der Waals surface area contributed by atoms with Crippen molar-refractivity contribution in [3.8, 4) is 0 Å². The molecule has 1 N–H and O–H groups in total. The number of hydrogen-bond donors (Lipinski definition) is 1. The van der Waals surface area contributed by atoms with Gasteiger partial charge < -0.3 is 9.73 Å². The van der Waals surface area contributed by atoms with E-state index in [9.17, 15) is 0 Å². The van der Waals surface area contributed by atoms with E-state index >= 15 is 0 Å². The minimum atomic E-state index is 0.451. The number of aromatic nitrogens is 1. The quantitative estimate of drug-likeness (QED) is 0.870. The molecular formula is C11H10BrClN2O. The third-order valence-electron chi connectivity index (χ3n) is 2.21. The van der Waals surface area contributed by atoms with Crippen LogP contribution in [0.15, 0.2) is 33.5 Å². The van der Waals surface area contributed by atoms with Crippen molar-refractivity contribution in [1.29, 1.82) is 0 Å². The molecule has 3 nitrogen and oxygen atoms in total. The first-order valence-electron chi connectivity index (χ1n) is 4.74. The lowest BCUT2D eigenvalue weighted by Crippen LogP contribution is -2.00. The molecule has 16 heavy (non-hydrogen) atoms. The highest BCUT2D eigenvalue weighted by Gasteiger charge is 2.05. The average Bonchev–Trinajstić information content (AvgIpc) is 2.66. The first kappa shape index (κ1) is 11.5. The minimum Gasteiger partial charge on any atom is -0.467 e. The molecule has 2 heterocycles. The molecule has 0 bridgehead atoms. The van der Waals surface area contributed by atoms with Gasteiger partial charge in [-0.15, -0.1) is 0 Å². The van der Waals surface area contributed by atoms with Crippen molar-refractivity contribution in [2.24, 2.45) is 0 Å². The van der Waals surface area contributed by atoms with Crippen LogP contribution in [0.25, 0.3) is 0 Å². The van der Waals surface area contributed by atoms with Gasteiger partial charge in [0.2, 0.25) is 0 Å². The molecule has 0 spiro atoms. The predicted octanol–water partition coefficient (Wildman–Crippen LogP) is 4.01. The number of nitrogens with one attached hydrogen (secondary N) is 1. The van der Waals surface area contributed by atoms with E-state index in [0.29, 0.717) is 11.7 Å². The standard InChI is InChI=1S/C11H10BrClN2O/c1-7-2-3-16-10(7)6-14-9-4-8(12)5-15-11(9)13/h2-5,14H,6H2,1H3. The van der Waals surface area contributed by atoms with Crippen LogP contribution >= 0.6 is 27.5 Å². The van der Waals surface area contributed by atoms with Crippen LogP contribution < -0.4 is 5.32 Å². The van der Waals surface area contributed by atoms with Gasteiger partial charge in [0.05, 0.1) is 18.5 Å². The van der Waals surface area contributed by atoms with E-state index in [1.165, 1.54) is 0 Å². The van der Waals surface area contributed by atoms with Crippen molar-refractivity contribution in [1.82, 2.24) is 4.98 Å². The average molecular weight is 302 g/mol. The summed E-state index contributed by atoms with van der Waals surface area (Å²) in [4.78, 5) is 4.03. The van der Waals surface area contributed by atoms with Gasteiger partial charge in [0.25, 0.3) is 0 Å². The van der Waals surface area contributed by atoms with Crippen LogP contribution in [0.1, 0.15) is 11.3 Å². The summed E-state index contributed by atoms with van der Waals surface area (Å²) >= 11 is 9.30. The van der Waals surface area contributed by atoms with Crippen molar-refractivity contribution in [3.63, 3.8) is 0 Å². The van der Waals surface area contributed by atoms with E-state index in [0.717, 1.165) is 21.5 Å². The minimum absolute atomic E-state index is 0.451. The molecular weight excluding hydrogens is 291 g/mol. The number of furan rings is 1. The Morgan fingerprint density at radius 3 is 3.06 bits per heavy atom. The van der Waals surface area contributed by atoms with Crippen LogP contribution in [0, 0.1) is 6.92 Å². The second-order valence-electron chi connectivity index (χ2n) is 3.37. The first-order chi connectivity index (χ1) is 7.66. The highest BCUT2D eigenvalue weighted by Crippen LogP contribution is 2.23. The summed E-state index contributed by atoms with van der Waals surface area (Å²) in [7, 11) is 0. The maximum absolute atomic E-state index is 5.95. The number of nitrogens with zero attached hydrogens (tertiary/aromatic N) is 1. The summed E-state index contributed by atoms with van der Waals surface area (Å²) in [5.74, 6) is 0.899. The summed E-state index contributed by atoms with van der Waals surface area (Å²) in [5, 5.41) is 3.63. The highest BCUT2D eigenvalue weighted by molar-refractivity contribution is 9.10. The topological polar surface area (TPSA) is 38.1 Å². The number of halogens is 2. The van der Waals surface area contributed by atoms with E-state index in [1.54, 1.807) is 12.5 Å². The SMILES string of the molecule is Cc1ccoc1CNc1cc(Br)cnc1Cl. The number of pyridine rings is 1. The highest BCUT2D eigenvalue weighted by atomic mass is 79.9. The van der Waals surface area contributed by atoms with Gasteiger partial charge in [-0.05, 0) is 40.5 Å². The molecule has 0 fully saturated rings. The predicted molar refractivity (Wildman–Crippen MR) is 67.7 cm³/mol. The Balaban J connectivity index is 2.10. The number of anilines is 1. The summed E-state index contributed by atoms with van der Waals surface area (Å²) in [6.07, 6.45) is 3.33.